The highest BCUT2D eigenvalue weighted by molar-refractivity contribution is 6.19. The Morgan fingerprint density at radius 1 is 1.47 bits per heavy atom. The highest BCUT2D eigenvalue weighted by Crippen LogP contribution is 2.25. The van der Waals surface area contributed by atoms with Crippen LogP contribution in [0.2, 0.25) is 0 Å². The predicted octanol–water partition coefficient (Wildman–Crippen LogP) is 1.27. The summed E-state index contributed by atoms with van der Waals surface area (Å²) in [6, 6.07) is 7.54. The molecule has 0 fully saturated rings. The second kappa shape index (κ2) is 6.06. The summed E-state index contributed by atoms with van der Waals surface area (Å²) in [4.78, 5) is 13.2. The summed E-state index contributed by atoms with van der Waals surface area (Å²) in [5.74, 6) is -0.502. The largest absolute Gasteiger partial charge is 0.383 e. The summed E-state index contributed by atoms with van der Waals surface area (Å²) < 4.78 is 5.03. The minimum atomic E-state index is -0.502. The van der Waals surface area contributed by atoms with E-state index in [1.807, 2.05) is 36.2 Å². The number of benzene rings is 1. The third-order valence-electron chi connectivity index (χ3n) is 2.57. The van der Waals surface area contributed by atoms with E-state index >= 15 is 0 Å². The number of likely N-dealkylation sites (N-methyl/N-ethyl adjacent to an activating group) is 1. The Labute approximate surface area is 102 Å². The Balaban J connectivity index is 2.99. The molecular weight excluding hydrogens is 216 g/mol. The van der Waals surface area contributed by atoms with Gasteiger partial charge >= 0.3 is 0 Å². The van der Waals surface area contributed by atoms with Crippen LogP contribution in [0.15, 0.2) is 30.8 Å². The number of ether oxygens (including phenoxy) is 1. The predicted molar refractivity (Wildman–Crippen MR) is 69.8 cm³/mol. The van der Waals surface area contributed by atoms with Crippen molar-refractivity contribution in [1.82, 2.24) is 0 Å². The molecule has 0 atom stereocenters. The fraction of sp³-hybridized carbons (Fsp3) is 0.308. The fourth-order valence-corrected chi connectivity index (χ4v) is 1.54. The number of para-hydroxylation sites is 1. The maximum Gasteiger partial charge on any atom is 0.248 e. The van der Waals surface area contributed by atoms with Crippen LogP contribution in [0.5, 0.6) is 0 Å². The Hall–Kier alpha value is -1.81. The van der Waals surface area contributed by atoms with E-state index in [0.29, 0.717) is 12.2 Å². The smallest absolute Gasteiger partial charge is 0.248 e. The maximum absolute atomic E-state index is 11.2. The molecule has 0 heterocycles. The summed E-state index contributed by atoms with van der Waals surface area (Å²) in [6.07, 6.45) is 0. The number of carbonyl (C=O) groups excluding carboxylic acids is 1. The van der Waals surface area contributed by atoms with Gasteiger partial charge in [0.2, 0.25) is 5.91 Å². The summed E-state index contributed by atoms with van der Waals surface area (Å²) in [5, 5.41) is 0. The number of hydrogen-bond donors (Lipinski definition) is 1. The third kappa shape index (κ3) is 3.32. The second-order valence-corrected chi connectivity index (χ2v) is 3.77. The van der Waals surface area contributed by atoms with Crippen LogP contribution in [0, 0.1) is 0 Å². The number of rotatable bonds is 6. The zero-order valence-corrected chi connectivity index (χ0v) is 10.3. The van der Waals surface area contributed by atoms with Crippen molar-refractivity contribution in [3.63, 3.8) is 0 Å². The lowest BCUT2D eigenvalue weighted by atomic mass is 10.0. The topological polar surface area (TPSA) is 55.6 Å². The number of hydrogen-bond acceptors (Lipinski definition) is 3. The first-order chi connectivity index (χ1) is 8.07. The zero-order valence-electron chi connectivity index (χ0n) is 10.3. The first kappa shape index (κ1) is 13.3. The average molecular weight is 234 g/mol. The first-order valence-corrected chi connectivity index (χ1v) is 5.36. The number of methoxy groups -OCH3 is 1. The molecule has 0 unspecified atom stereocenters. The molecule has 1 rings (SSSR count). The van der Waals surface area contributed by atoms with E-state index in [2.05, 4.69) is 6.58 Å². The molecule has 1 aromatic carbocycles. The monoisotopic (exact) mass is 234 g/mol. The van der Waals surface area contributed by atoms with Gasteiger partial charge in [-0.15, -0.1) is 0 Å². The van der Waals surface area contributed by atoms with E-state index in [-0.39, 0.29) is 0 Å². The van der Waals surface area contributed by atoms with E-state index in [1.165, 1.54) is 0 Å². The van der Waals surface area contributed by atoms with Gasteiger partial charge in [-0.3, -0.25) is 4.79 Å². The summed E-state index contributed by atoms with van der Waals surface area (Å²) in [5.41, 5.74) is 7.27. The van der Waals surface area contributed by atoms with Crippen LogP contribution in [-0.4, -0.2) is 33.2 Å². The molecule has 1 aromatic rings. The molecule has 92 valence electrons. The molecule has 0 saturated carbocycles. The van der Waals surface area contributed by atoms with E-state index in [9.17, 15) is 4.79 Å². The van der Waals surface area contributed by atoms with Gasteiger partial charge in [-0.05, 0) is 6.07 Å². The SMILES string of the molecule is C=C(C(N)=O)c1ccccc1N(C)CCOC. The van der Waals surface area contributed by atoms with Gasteiger partial charge in [-0.1, -0.05) is 24.8 Å². The molecule has 4 nitrogen and oxygen atoms in total. The van der Waals surface area contributed by atoms with E-state index in [1.54, 1.807) is 7.11 Å². The fourth-order valence-electron chi connectivity index (χ4n) is 1.54. The summed E-state index contributed by atoms with van der Waals surface area (Å²) in [7, 11) is 3.59. The van der Waals surface area contributed by atoms with Crippen LogP contribution >= 0.6 is 0 Å². The molecule has 4 heteroatoms. The molecule has 17 heavy (non-hydrogen) atoms. The number of anilines is 1. The average Bonchev–Trinajstić information content (AvgIpc) is 2.34. The molecule has 2 N–H and O–H groups in total. The molecule has 0 saturated heterocycles. The minimum absolute atomic E-state index is 0.324. The third-order valence-corrected chi connectivity index (χ3v) is 2.57. The number of amides is 1. The van der Waals surface area contributed by atoms with Gasteiger partial charge in [0.1, 0.15) is 0 Å². The Bertz CT molecular complexity index is 416. The number of primary amides is 1. The van der Waals surface area contributed by atoms with Gasteiger partial charge in [0, 0.05) is 37.5 Å². The normalized spacial score (nSPS) is 10.0. The summed E-state index contributed by atoms with van der Waals surface area (Å²) in [6.45, 7) is 5.07. The van der Waals surface area contributed by atoms with Gasteiger partial charge in [0.05, 0.1) is 6.61 Å². The van der Waals surface area contributed by atoms with Crippen molar-refractivity contribution in [2.45, 2.75) is 0 Å². The van der Waals surface area contributed by atoms with E-state index in [0.717, 1.165) is 17.8 Å². The van der Waals surface area contributed by atoms with Crippen LogP contribution in [-0.2, 0) is 9.53 Å². The lowest BCUT2D eigenvalue weighted by Gasteiger charge is -2.22. The zero-order chi connectivity index (χ0) is 12.8. The minimum Gasteiger partial charge on any atom is -0.383 e. The van der Waals surface area contributed by atoms with Crippen molar-refractivity contribution < 1.29 is 9.53 Å². The van der Waals surface area contributed by atoms with Gasteiger partial charge in [0.25, 0.3) is 0 Å². The lowest BCUT2D eigenvalue weighted by molar-refractivity contribution is -0.112. The maximum atomic E-state index is 11.2. The van der Waals surface area contributed by atoms with Gasteiger partial charge < -0.3 is 15.4 Å². The van der Waals surface area contributed by atoms with Crippen LogP contribution < -0.4 is 10.6 Å². The highest BCUT2D eigenvalue weighted by Gasteiger charge is 2.12. The number of nitrogens with zero attached hydrogens (tertiary/aromatic N) is 1. The van der Waals surface area contributed by atoms with Crippen LogP contribution in [0.3, 0.4) is 0 Å². The standard InChI is InChI=1S/C13H18N2O2/c1-10(13(14)16)11-6-4-5-7-12(11)15(2)8-9-17-3/h4-7H,1,8-9H2,2-3H3,(H2,14,16). The summed E-state index contributed by atoms with van der Waals surface area (Å²) >= 11 is 0. The molecule has 0 radical (unpaired) electrons. The van der Waals surface area contributed by atoms with E-state index < -0.39 is 5.91 Å². The van der Waals surface area contributed by atoms with Crippen molar-refractivity contribution in [2.75, 3.05) is 32.2 Å². The Morgan fingerprint density at radius 2 is 2.12 bits per heavy atom. The molecule has 0 aliphatic carbocycles. The molecular formula is C13H18N2O2. The Morgan fingerprint density at radius 3 is 2.71 bits per heavy atom. The highest BCUT2D eigenvalue weighted by atomic mass is 16.5. The van der Waals surface area contributed by atoms with Crippen molar-refractivity contribution >= 4 is 17.2 Å². The van der Waals surface area contributed by atoms with Gasteiger partial charge in [-0.2, -0.15) is 0 Å². The quantitative estimate of drug-likeness (QED) is 0.754. The van der Waals surface area contributed by atoms with Crippen molar-refractivity contribution in [2.24, 2.45) is 5.73 Å². The van der Waals surface area contributed by atoms with Crippen molar-refractivity contribution in [3.8, 4) is 0 Å². The first-order valence-electron chi connectivity index (χ1n) is 5.36. The van der Waals surface area contributed by atoms with Gasteiger partial charge in [0.15, 0.2) is 0 Å². The second-order valence-electron chi connectivity index (χ2n) is 3.77. The molecule has 0 aliphatic heterocycles. The van der Waals surface area contributed by atoms with E-state index in [4.69, 9.17) is 10.5 Å². The molecule has 0 aliphatic rings. The Kier molecular flexibility index (Phi) is 4.72. The van der Waals surface area contributed by atoms with Crippen LogP contribution in [0.1, 0.15) is 5.56 Å². The number of nitrogens with two attached hydrogens (primary N) is 1. The van der Waals surface area contributed by atoms with Crippen molar-refractivity contribution in [3.05, 3.63) is 36.4 Å². The molecule has 0 bridgehead atoms. The molecule has 0 spiro atoms. The van der Waals surface area contributed by atoms with Crippen LogP contribution in [0.4, 0.5) is 5.69 Å². The lowest BCUT2D eigenvalue weighted by Crippen LogP contribution is -2.24. The molecule has 0 aromatic heterocycles. The van der Waals surface area contributed by atoms with Gasteiger partial charge in [-0.25, -0.2) is 0 Å². The number of carbonyl (C=O) groups is 1. The molecule has 1 amide bonds. The van der Waals surface area contributed by atoms with Crippen LogP contribution in [0.25, 0.3) is 5.57 Å². The van der Waals surface area contributed by atoms with Crippen molar-refractivity contribution in [1.29, 1.82) is 0 Å².